The van der Waals surface area contributed by atoms with E-state index < -0.39 is 4.92 Å². The molecule has 1 aliphatic rings. The van der Waals surface area contributed by atoms with Gasteiger partial charge in [-0.25, -0.2) is 0 Å². The van der Waals surface area contributed by atoms with Gasteiger partial charge in [-0.3, -0.25) is 14.9 Å². The molecule has 1 aromatic rings. The van der Waals surface area contributed by atoms with Gasteiger partial charge in [-0.15, -0.1) is 0 Å². The van der Waals surface area contributed by atoms with Gasteiger partial charge in [-0.2, -0.15) is 0 Å². The fraction of sp³-hybridized carbons (Fsp3) is 0.462. The fourth-order valence-corrected chi connectivity index (χ4v) is 2.22. The molecule has 0 atom stereocenters. The van der Waals surface area contributed by atoms with E-state index in [-0.39, 0.29) is 11.4 Å². The third kappa shape index (κ3) is 3.51. The quantitative estimate of drug-likeness (QED) is 0.503. The zero-order chi connectivity index (χ0) is 13.8. The minimum atomic E-state index is -0.460. The van der Waals surface area contributed by atoms with Gasteiger partial charge in [0.25, 0.3) is 5.69 Å². The summed E-state index contributed by atoms with van der Waals surface area (Å²) in [5.74, 6) is 0.319. The molecular weight excluding hydrogens is 246 g/mol. The number of nitrogens with zero attached hydrogens (tertiary/aromatic N) is 2. The molecule has 6 nitrogen and oxygen atoms in total. The molecule has 2 rings (SSSR count). The molecule has 19 heavy (non-hydrogen) atoms. The van der Waals surface area contributed by atoms with E-state index >= 15 is 0 Å². The van der Waals surface area contributed by atoms with Gasteiger partial charge in [0.05, 0.1) is 4.92 Å². The number of carbonyl (C=O) groups is 1. The molecule has 2 N–H and O–H groups in total. The molecule has 0 aromatic heterocycles. The Balaban J connectivity index is 1.94. The number of Topliss-reactive ketones (excluding diaryl/α,β-unsaturated/α-hetero) is 1. The number of nitro benzene ring substituents is 1. The van der Waals surface area contributed by atoms with E-state index in [2.05, 4.69) is 4.90 Å². The van der Waals surface area contributed by atoms with E-state index in [0.717, 1.165) is 31.6 Å². The lowest BCUT2D eigenvalue weighted by atomic mass is 10.1. The van der Waals surface area contributed by atoms with Gasteiger partial charge in [0.1, 0.15) is 11.5 Å². The normalized spacial score (nSPS) is 16.5. The average molecular weight is 263 g/mol. The number of piperidine rings is 1. The first-order valence-corrected chi connectivity index (χ1v) is 6.33. The Morgan fingerprint density at radius 2 is 2.00 bits per heavy atom. The second-order valence-corrected chi connectivity index (χ2v) is 4.78. The minimum Gasteiger partial charge on any atom is -0.393 e. The maximum absolute atomic E-state index is 11.1. The maximum Gasteiger partial charge on any atom is 0.292 e. The van der Waals surface area contributed by atoms with Crippen LogP contribution in [0.3, 0.4) is 0 Å². The molecule has 0 saturated carbocycles. The number of nitrogen functional groups attached to an aromatic ring is 1. The van der Waals surface area contributed by atoms with Gasteiger partial charge in [-0.1, -0.05) is 6.07 Å². The smallest absolute Gasteiger partial charge is 0.292 e. The van der Waals surface area contributed by atoms with Crippen LogP contribution in [0.2, 0.25) is 0 Å². The van der Waals surface area contributed by atoms with Gasteiger partial charge in [0.15, 0.2) is 0 Å². The Kier molecular flexibility index (Phi) is 4.11. The summed E-state index contributed by atoms with van der Waals surface area (Å²) in [7, 11) is 0. The first kappa shape index (κ1) is 13.5. The molecule has 0 bridgehead atoms. The van der Waals surface area contributed by atoms with Crippen molar-refractivity contribution in [2.24, 2.45) is 0 Å². The molecule has 0 amide bonds. The van der Waals surface area contributed by atoms with Crippen LogP contribution in [-0.4, -0.2) is 35.2 Å². The Morgan fingerprint density at radius 3 is 2.63 bits per heavy atom. The molecule has 1 aromatic carbocycles. The maximum atomic E-state index is 11.1. The summed E-state index contributed by atoms with van der Waals surface area (Å²) in [6.07, 6.45) is 1.96. The molecular formula is C13H17N3O3. The molecule has 1 heterocycles. The van der Waals surface area contributed by atoms with Gasteiger partial charge in [-0.05, 0) is 18.1 Å². The number of hydrogen-bond donors (Lipinski definition) is 1. The third-order valence-electron chi connectivity index (χ3n) is 3.42. The van der Waals surface area contributed by atoms with Crippen molar-refractivity contribution in [3.63, 3.8) is 0 Å². The number of rotatable bonds is 4. The molecule has 0 unspecified atom stereocenters. The lowest BCUT2D eigenvalue weighted by molar-refractivity contribution is -0.384. The second kappa shape index (κ2) is 5.79. The van der Waals surface area contributed by atoms with Crippen molar-refractivity contribution in [2.45, 2.75) is 19.3 Å². The Hall–Kier alpha value is -1.95. The number of nitrogens with two attached hydrogens (primary N) is 1. The third-order valence-corrected chi connectivity index (χ3v) is 3.42. The SMILES string of the molecule is Nc1ccc(CCN2CCC(=O)CC2)cc1[N+](=O)[O-]. The molecule has 1 fully saturated rings. The fourth-order valence-electron chi connectivity index (χ4n) is 2.22. The summed E-state index contributed by atoms with van der Waals surface area (Å²) in [5.41, 5.74) is 6.61. The summed E-state index contributed by atoms with van der Waals surface area (Å²) in [6.45, 7) is 2.39. The summed E-state index contributed by atoms with van der Waals surface area (Å²) in [5, 5.41) is 10.8. The van der Waals surface area contributed by atoms with Crippen molar-refractivity contribution in [2.75, 3.05) is 25.4 Å². The summed E-state index contributed by atoms with van der Waals surface area (Å²) in [6, 6.07) is 4.93. The number of hydrogen-bond acceptors (Lipinski definition) is 5. The van der Waals surface area contributed by atoms with E-state index in [1.165, 1.54) is 6.07 Å². The van der Waals surface area contributed by atoms with E-state index in [1.807, 2.05) is 6.07 Å². The van der Waals surface area contributed by atoms with Crippen molar-refractivity contribution >= 4 is 17.2 Å². The van der Waals surface area contributed by atoms with Crippen LogP contribution in [-0.2, 0) is 11.2 Å². The lowest BCUT2D eigenvalue weighted by Crippen LogP contribution is -2.35. The average Bonchev–Trinajstić information content (AvgIpc) is 2.39. The van der Waals surface area contributed by atoms with Gasteiger partial charge >= 0.3 is 0 Å². The van der Waals surface area contributed by atoms with E-state index in [9.17, 15) is 14.9 Å². The van der Waals surface area contributed by atoms with Crippen molar-refractivity contribution < 1.29 is 9.72 Å². The number of benzene rings is 1. The van der Waals surface area contributed by atoms with E-state index in [1.54, 1.807) is 6.07 Å². The summed E-state index contributed by atoms with van der Waals surface area (Å²) >= 11 is 0. The summed E-state index contributed by atoms with van der Waals surface area (Å²) in [4.78, 5) is 23.7. The molecule has 102 valence electrons. The number of ketones is 1. The van der Waals surface area contributed by atoms with Crippen molar-refractivity contribution in [1.29, 1.82) is 0 Å². The Labute approximate surface area is 111 Å². The zero-order valence-corrected chi connectivity index (χ0v) is 10.7. The first-order valence-electron chi connectivity index (χ1n) is 6.33. The zero-order valence-electron chi connectivity index (χ0n) is 10.7. The highest BCUT2D eigenvalue weighted by Gasteiger charge is 2.16. The van der Waals surface area contributed by atoms with E-state index in [4.69, 9.17) is 5.73 Å². The van der Waals surface area contributed by atoms with Crippen LogP contribution >= 0.6 is 0 Å². The van der Waals surface area contributed by atoms with Gasteiger partial charge in [0.2, 0.25) is 0 Å². The molecule has 0 aliphatic carbocycles. The largest absolute Gasteiger partial charge is 0.393 e. The van der Waals surface area contributed by atoms with Crippen LogP contribution in [0.4, 0.5) is 11.4 Å². The first-order chi connectivity index (χ1) is 9.06. The van der Waals surface area contributed by atoms with Crippen LogP contribution in [0, 0.1) is 10.1 Å². The lowest BCUT2D eigenvalue weighted by Gasteiger charge is -2.25. The minimum absolute atomic E-state index is 0.0358. The van der Waals surface area contributed by atoms with Crippen LogP contribution in [0.1, 0.15) is 18.4 Å². The highest BCUT2D eigenvalue weighted by Crippen LogP contribution is 2.22. The number of likely N-dealkylation sites (tertiary alicyclic amines) is 1. The Bertz CT molecular complexity index is 492. The van der Waals surface area contributed by atoms with Crippen LogP contribution in [0.25, 0.3) is 0 Å². The number of nitro groups is 1. The topological polar surface area (TPSA) is 89.5 Å². The van der Waals surface area contributed by atoms with Crippen molar-refractivity contribution in [3.05, 3.63) is 33.9 Å². The Morgan fingerprint density at radius 1 is 1.32 bits per heavy atom. The van der Waals surface area contributed by atoms with Crippen LogP contribution in [0.5, 0.6) is 0 Å². The number of anilines is 1. The molecule has 6 heteroatoms. The van der Waals surface area contributed by atoms with E-state index in [0.29, 0.717) is 18.6 Å². The van der Waals surface area contributed by atoms with Crippen LogP contribution < -0.4 is 5.73 Å². The van der Waals surface area contributed by atoms with Crippen LogP contribution in [0.15, 0.2) is 18.2 Å². The second-order valence-electron chi connectivity index (χ2n) is 4.78. The van der Waals surface area contributed by atoms with Gasteiger partial charge < -0.3 is 10.6 Å². The molecule has 1 saturated heterocycles. The molecule has 1 aliphatic heterocycles. The highest BCUT2D eigenvalue weighted by atomic mass is 16.6. The highest BCUT2D eigenvalue weighted by molar-refractivity contribution is 5.79. The van der Waals surface area contributed by atoms with Crippen molar-refractivity contribution in [1.82, 2.24) is 4.90 Å². The molecule has 0 radical (unpaired) electrons. The molecule has 0 spiro atoms. The predicted molar refractivity (Wildman–Crippen MR) is 71.9 cm³/mol. The monoisotopic (exact) mass is 263 g/mol. The predicted octanol–water partition coefficient (Wildman–Crippen LogP) is 1.38. The van der Waals surface area contributed by atoms with Gasteiger partial charge in [0, 0.05) is 38.5 Å². The number of carbonyl (C=O) groups excluding carboxylic acids is 1. The standard InChI is InChI=1S/C13H17N3O3/c14-12-2-1-10(9-13(12)16(18)19)3-6-15-7-4-11(17)5-8-15/h1-2,9H,3-8,14H2. The summed E-state index contributed by atoms with van der Waals surface area (Å²) < 4.78 is 0. The van der Waals surface area contributed by atoms with Crippen molar-refractivity contribution in [3.8, 4) is 0 Å².